The van der Waals surface area contributed by atoms with Gasteiger partial charge in [-0.1, -0.05) is 31.2 Å². The number of aryl methyl sites for hydroxylation is 1. The average Bonchev–Trinajstić information content (AvgIpc) is 3.57. The summed E-state index contributed by atoms with van der Waals surface area (Å²) in [6, 6.07) is 21.0. The number of para-hydroxylation sites is 1. The predicted octanol–water partition coefficient (Wildman–Crippen LogP) is 6.33. The van der Waals surface area contributed by atoms with Crippen LogP contribution in [0.5, 0.6) is 11.6 Å². The summed E-state index contributed by atoms with van der Waals surface area (Å²) in [6.45, 7) is 3.16. The summed E-state index contributed by atoms with van der Waals surface area (Å²) in [5, 5.41) is 4.80. The second-order valence-electron chi connectivity index (χ2n) is 9.22. The summed E-state index contributed by atoms with van der Waals surface area (Å²) in [6.07, 6.45) is 2.24. The molecule has 2 heterocycles. The number of ether oxygens (including phenoxy) is 2. The highest BCUT2D eigenvalue weighted by atomic mass is 19.1. The van der Waals surface area contributed by atoms with E-state index in [-0.39, 0.29) is 29.9 Å². The highest BCUT2D eigenvalue weighted by Crippen LogP contribution is 2.33. The Balaban J connectivity index is 1.58. The van der Waals surface area contributed by atoms with E-state index in [0.29, 0.717) is 36.9 Å². The van der Waals surface area contributed by atoms with E-state index in [1.165, 1.54) is 30.3 Å². The van der Waals surface area contributed by atoms with Gasteiger partial charge in [0.2, 0.25) is 5.88 Å². The highest BCUT2D eigenvalue weighted by Gasteiger charge is 2.28. The Bertz CT molecular complexity index is 1380. The summed E-state index contributed by atoms with van der Waals surface area (Å²) in [4.78, 5) is 15.3. The van der Waals surface area contributed by atoms with Crippen LogP contribution in [0.15, 0.2) is 78.9 Å². The van der Waals surface area contributed by atoms with E-state index in [2.05, 4.69) is 0 Å². The number of aromatic nitrogens is 2. The molecule has 1 fully saturated rings. The summed E-state index contributed by atoms with van der Waals surface area (Å²) in [7, 11) is 0. The maximum absolute atomic E-state index is 14.0. The Morgan fingerprint density at radius 3 is 2.53 bits per heavy atom. The van der Waals surface area contributed by atoms with E-state index >= 15 is 0 Å². The number of hydrogen-bond acceptors (Lipinski definition) is 4. The summed E-state index contributed by atoms with van der Waals surface area (Å²) in [5.74, 6) is -0.0988. The molecule has 1 saturated heterocycles. The highest BCUT2D eigenvalue weighted by molar-refractivity contribution is 5.94. The Morgan fingerprint density at radius 2 is 1.84 bits per heavy atom. The molecule has 4 aromatic rings. The smallest absolute Gasteiger partial charge is 0.254 e. The minimum atomic E-state index is -0.473. The van der Waals surface area contributed by atoms with E-state index in [1.807, 2.05) is 37.3 Å². The first kappa shape index (κ1) is 25.6. The minimum absolute atomic E-state index is 0.108. The van der Waals surface area contributed by atoms with Gasteiger partial charge in [0.1, 0.15) is 17.4 Å². The molecular weight excluding hydrogens is 488 g/mol. The molecule has 5 rings (SSSR count). The van der Waals surface area contributed by atoms with Gasteiger partial charge in [0.25, 0.3) is 5.91 Å². The lowest BCUT2D eigenvalue weighted by molar-refractivity contribution is 0.0505. The SMILES string of the molecule is CCc1nn(-c2ccc(F)cc2)c(Oc2ccccc2)c1CN(C[C@H]1CCCO1)C(=O)c1cccc(F)c1. The van der Waals surface area contributed by atoms with Crippen molar-refractivity contribution < 1.29 is 23.0 Å². The molecule has 1 aliphatic heterocycles. The fraction of sp³-hybridized carbons (Fsp3) is 0.267. The zero-order valence-corrected chi connectivity index (χ0v) is 21.1. The average molecular weight is 518 g/mol. The molecule has 0 radical (unpaired) electrons. The van der Waals surface area contributed by atoms with Crippen LogP contribution >= 0.6 is 0 Å². The molecule has 8 heteroatoms. The summed E-state index contributed by atoms with van der Waals surface area (Å²) < 4.78 is 41.6. The van der Waals surface area contributed by atoms with Gasteiger partial charge in [-0.25, -0.2) is 13.5 Å². The molecule has 0 unspecified atom stereocenters. The second kappa shape index (κ2) is 11.6. The van der Waals surface area contributed by atoms with Crippen LogP contribution < -0.4 is 4.74 Å². The Hall–Kier alpha value is -4.04. The fourth-order valence-corrected chi connectivity index (χ4v) is 4.63. The van der Waals surface area contributed by atoms with Gasteiger partial charge in [-0.05, 0) is 73.9 Å². The van der Waals surface area contributed by atoms with E-state index in [1.54, 1.807) is 27.8 Å². The maximum atomic E-state index is 14.0. The molecule has 38 heavy (non-hydrogen) atoms. The van der Waals surface area contributed by atoms with Crippen LogP contribution in [0.1, 0.15) is 41.4 Å². The van der Waals surface area contributed by atoms with Crippen LogP contribution in [0.4, 0.5) is 8.78 Å². The topological polar surface area (TPSA) is 56.6 Å². The first-order valence-electron chi connectivity index (χ1n) is 12.8. The van der Waals surface area contributed by atoms with Crippen LogP contribution in [0.3, 0.4) is 0 Å². The lowest BCUT2D eigenvalue weighted by Crippen LogP contribution is -2.37. The normalized spacial score (nSPS) is 15.0. The first-order valence-corrected chi connectivity index (χ1v) is 12.8. The van der Waals surface area contributed by atoms with Crippen molar-refractivity contribution in [3.8, 4) is 17.3 Å². The van der Waals surface area contributed by atoms with Gasteiger partial charge >= 0.3 is 0 Å². The number of nitrogens with zero attached hydrogens (tertiary/aromatic N) is 3. The monoisotopic (exact) mass is 517 g/mol. The van der Waals surface area contributed by atoms with Gasteiger partial charge in [-0.2, -0.15) is 5.10 Å². The lowest BCUT2D eigenvalue weighted by Gasteiger charge is -2.26. The standard InChI is InChI=1S/C30H29F2N3O3/c1-2-28-27(20-34(19-26-12-7-17-37-26)29(36)21-8-6-9-23(32)18-21)30(38-25-10-4-3-5-11-25)35(33-28)24-15-13-22(31)14-16-24/h3-6,8-11,13-16,18,26H,2,7,12,17,19-20H2,1H3/t26-/m1/s1. The van der Waals surface area contributed by atoms with Gasteiger partial charge in [0.05, 0.1) is 29.6 Å². The quantitative estimate of drug-likeness (QED) is 0.261. The Labute approximate surface area is 220 Å². The molecule has 0 bridgehead atoms. The van der Waals surface area contributed by atoms with E-state index in [0.717, 1.165) is 24.1 Å². The molecule has 0 spiro atoms. The Kier molecular flexibility index (Phi) is 7.79. The third-order valence-electron chi connectivity index (χ3n) is 6.54. The molecule has 6 nitrogen and oxygen atoms in total. The third kappa shape index (κ3) is 5.75. The van der Waals surface area contributed by atoms with Crippen molar-refractivity contribution in [1.29, 1.82) is 0 Å². The fourth-order valence-electron chi connectivity index (χ4n) is 4.63. The molecule has 0 saturated carbocycles. The van der Waals surface area contributed by atoms with Gasteiger partial charge in [-0.3, -0.25) is 4.79 Å². The van der Waals surface area contributed by atoms with Gasteiger partial charge < -0.3 is 14.4 Å². The number of halogens is 2. The summed E-state index contributed by atoms with van der Waals surface area (Å²) in [5.41, 5.74) is 2.35. The number of rotatable bonds is 9. The first-order chi connectivity index (χ1) is 18.5. The van der Waals surface area contributed by atoms with Crippen LogP contribution in [0.25, 0.3) is 5.69 Å². The van der Waals surface area contributed by atoms with Crippen molar-refractivity contribution in [2.75, 3.05) is 13.2 Å². The number of benzene rings is 3. The lowest BCUT2D eigenvalue weighted by atomic mass is 10.1. The van der Waals surface area contributed by atoms with Crippen molar-refractivity contribution in [2.45, 2.75) is 38.8 Å². The van der Waals surface area contributed by atoms with Crippen molar-refractivity contribution >= 4 is 5.91 Å². The van der Waals surface area contributed by atoms with Crippen molar-refractivity contribution in [3.63, 3.8) is 0 Å². The van der Waals surface area contributed by atoms with Crippen LogP contribution in [0, 0.1) is 11.6 Å². The maximum Gasteiger partial charge on any atom is 0.254 e. The molecule has 3 aromatic carbocycles. The summed E-state index contributed by atoms with van der Waals surface area (Å²) >= 11 is 0. The molecular formula is C30H29F2N3O3. The Morgan fingerprint density at radius 1 is 1.05 bits per heavy atom. The van der Waals surface area contributed by atoms with Gasteiger partial charge in [-0.15, -0.1) is 0 Å². The molecule has 1 atom stereocenters. The van der Waals surface area contributed by atoms with Gasteiger partial charge in [0, 0.05) is 18.7 Å². The molecule has 196 valence electrons. The predicted molar refractivity (Wildman–Crippen MR) is 140 cm³/mol. The molecule has 1 aliphatic rings. The molecule has 1 amide bonds. The van der Waals surface area contributed by atoms with E-state index in [9.17, 15) is 13.6 Å². The number of carbonyl (C=O) groups excluding carboxylic acids is 1. The number of hydrogen-bond donors (Lipinski definition) is 0. The van der Waals surface area contributed by atoms with Crippen LogP contribution in [-0.4, -0.2) is 39.8 Å². The third-order valence-corrected chi connectivity index (χ3v) is 6.54. The van der Waals surface area contributed by atoms with Crippen molar-refractivity contribution in [2.24, 2.45) is 0 Å². The van der Waals surface area contributed by atoms with Gasteiger partial charge in [0.15, 0.2) is 0 Å². The molecule has 1 aromatic heterocycles. The van der Waals surface area contributed by atoms with E-state index in [4.69, 9.17) is 14.6 Å². The number of amides is 1. The largest absolute Gasteiger partial charge is 0.439 e. The van der Waals surface area contributed by atoms with E-state index < -0.39 is 5.82 Å². The minimum Gasteiger partial charge on any atom is -0.439 e. The van der Waals surface area contributed by atoms with Crippen molar-refractivity contribution in [1.82, 2.24) is 14.7 Å². The zero-order valence-electron chi connectivity index (χ0n) is 21.1. The zero-order chi connectivity index (χ0) is 26.5. The number of carbonyl (C=O) groups is 1. The van der Waals surface area contributed by atoms with Crippen molar-refractivity contribution in [3.05, 3.63) is 107 Å². The molecule has 0 N–H and O–H groups in total. The molecule has 0 aliphatic carbocycles. The second-order valence-corrected chi connectivity index (χ2v) is 9.22. The van der Waals surface area contributed by atoms with Crippen LogP contribution in [0.2, 0.25) is 0 Å². The van der Waals surface area contributed by atoms with Crippen LogP contribution in [-0.2, 0) is 17.7 Å².